The number of rotatable bonds is 7. The molecule has 0 fully saturated rings. The minimum absolute atomic E-state index is 0.0636. The van der Waals surface area contributed by atoms with Gasteiger partial charge in [0, 0.05) is 13.8 Å². The highest BCUT2D eigenvalue weighted by Crippen LogP contribution is 2.30. The molecule has 0 atom stereocenters. The molecular formula is C18H26O8. The summed E-state index contributed by atoms with van der Waals surface area (Å²) in [6.45, 7) is 15.6. The molecule has 0 amide bonds. The van der Waals surface area contributed by atoms with Gasteiger partial charge in [-0.2, -0.15) is 0 Å². The van der Waals surface area contributed by atoms with Gasteiger partial charge in [-0.15, -0.1) is 0 Å². The molecule has 146 valence electrons. The van der Waals surface area contributed by atoms with E-state index < -0.39 is 34.9 Å². The first-order chi connectivity index (χ1) is 11.6. The third-order valence-electron chi connectivity index (χ3n) is 3.02. The molecule has 8 heteroatoms. The zero-order valence-corrected chi connectivity index (χ0v) is 16.3. The van der Waals surface area contributed by atoms with Gasteiger partial charge in [0.05, 0.1) is 0 Å². The van der Waals surface area contributed by atoms with Crippen molar-refractivity contribution in [2.45, 2.75) is 66.3 Å². The second-order valence-electron chi connectivity index (χ2n) is 8.21. The summed E-state index contributed by atoms with van der Waals surface area (Å²) in [6.07, 6.45) is 0.627. The molecular weight excluding hydrogens is 344 g/mol. The van der Waals surface area contributed by atoms with Crippen LogP contribution in [0.15, 0.2) is 27.6 Å². The first kappa shape index (κ1) is 21.5. The quantitative estimate of drug-likeness (QED) is 0.133. The van der Waals surface area contributed by atoms with Crippen LogP contribution in [0.4, 0.5) is 4.79 Å². The Morgan fingerprint density at radius 2 is 1.54 bits per heavy atom. The molecule has 0 saturated heterocycles. The molecule has 1 aromatic heterocycles. The molecule has 0 saturated carbocycles. The second-order valence-corrected chi connectivity index (χ2v) is 8.21. The summed E-state index contributed by atoms with van der Waals surface area (Å²) in [4.78, 5) is 35.8. The maximum Gasteiger partial charge on any atom is 0.512 e. The van der Waals surface area contributed by atoms with E-state index >= 15 is 0 Å². The van der Waals surface area contributed by atoms with Crippen LogP contribution in [0, 0.1) is 5.41 Å². The largest absolute Gasteiger partial charge is 0.512 e. The van der Waals surface area contributed by atoms with Crippen LogP contribution in [0.25, 0.3) is 0 Å². The van der Waals surface area contributed by atoms with Crippen LogP contribution < -0.4 is 0 Å². The van der Waals surface area contributed by atoms with Crippen molar-refractivity contribution in [3.8, 4) is 0 Å². The third-order valence-corrected chi connectivity index (χ3v) is 3.02. The molecule has 1 rings (SSSR count). The van der Waals surface area contributed by atoms with Gasteiger partial charge in [-0.1, -0.05) is 27.4 Å². The highest BCUT2D eigenvalue weighted by molar-refractivity contribution is 6.22. The molecule has 0 radical (unpaired) electrons. The van der Waals surface area contributed by atoms with Crippen molar-refractivity contribution in [3.05, 3.63) is 24.2 Å². The molecule has 0 aliphatic rings. The predicted octanol–water partition coefficient (Wildman–Crippen LogP) is 4.26. The lowest BCUT2D eigenvalue weighted by Gasteiger charge is -2.33. The van der Waals surface area contributed by atoms with Crippen molar-refractivity contribution in [1.29, 1.82) is 0 Å². The van der Waals surface area contributed by atoms with Crippen LogP contribution in [0.2, 0.25) is 0 Å². The van der Waals surface area contributed by atoms with Gasteiger partial charge < -0.3 is 14.2 Å². The number of hydrogen-bond donors (Lipinski definition) is 0. The average molecular weight is 370 g/mol. The van der Waals surface area contributed by atoms with Crippen molar-refractivity contribution in [2.24, 2.45) is 5.41 Å². The first-order valence-corrected chi connectivity index (χ1v) is 8.04. The number of Topliss-reactive ketones (excluding diaryl/α,β-unsaturated/α-hetero) is 1. The van der Waals surface area contributed by atoms with E-state index in [1.807, 2.05) is 20.8 Å². The fraction of sp³-hybridized carbons (Fsp3) is 0.611. The summed E-state index contributed by atoms with van der Waals surface area (Å²) in [6, 6.07) is 0. The van der Waals surface area contributed by atoms with Crippen LogP contribution in [-0.2, 0) is 19.0 Å². The van der Waals surface area contributed by atoms with Gasteiger partial charge >= 0.3 is 12.1 Å². The summed E-state index contributed by atoms with van der Waals surface area (Å²) < 4.78 is 24.0. The molecule has 26 heavy (non-hydrogen) atoms. The maximum atomic E-state index is 12.0. The van der Waals surface area contributed by atoms with E-state index in [1.54, 1.807) is 13.8 Å². The Bertz CT molecular complexity index is 672. The lowest BCUT2D eigenvalue weighted by Crippen LogP contribution is -2.39. The van der Waals surface area contributed by atoms with Crippen LogP contribution in [0.3, 0.4) is 0 Å². The zero-order valence-electron chi connectivity index (χ0n) is 16.3. The monoisotopic (exact) mass is 370 g/mol. The van der Waals surface area contributed by atoms with Crippen molar-refractivity contribution in [2.75, 3.05) is 0 Å². The summed E-state index contributed by atoms with van der Waals surface area (Å²) in [5.41, 5.74) is -1.33. The normalized spacial score (nSPS) is 12.4. The molecule has 1 aromatic rings. The third kappa shape index (κ3) is 6.78. The van der Waals surface area contributed by atoms with E-state index in [1.165, 1.54) is 13.8 Å². The molecule has 0 aliphatic carbocycles. The lowest BCUT2D eigenvalue weighted by molar-refractivity contribution is -0.200. The SMILES string of the molecule is C=C(C(=O)OC(C)(C)OC(=O)OC(C)(C)CC(C)(C)C)C(=O)c1coo1. The van der Waals surface area contributed by atoms with Gasteiger partial charge in [0.15, 0.2) is 6.26 Å². The average Bonchev–Trinajstić information content (AvgIpc) is 2.29. The van der Waals surface area contributed by atoms with E-state index in [4.69, 9.17) is 14.2 Å². The van der Waals surface area contributed by atoms with Crippen molar-refractivity contribution < 1.29 is 37.7 Å². The van der Waals surface area contributed by atoms with Gasteiger partial charge in [0.2, 0.25) is 5.78 Å². The van der Waals surface area contributed by atoms with Crippen LogP contribution in [-0.4, -0.2) is 29.3 Å². The molecule has 0 aliphatic heterocycles. The van der Waals surface area contributed by atoms with E-state index in [9.17, 15) is 14.4 Å². The smallest absolute Gasteiger partial charge is 0.428 e. The van der Waals surface area contributed by atoms with E-state index in [2.05, 4.69) is 15.7 Å². The summed E-state index contributed by atoms with van der Waals surface area (Å²) in [5, 5.41) is 0. The zero-order chi connectivity index (χ0) is 20.3. The molecule has 0 spiro atoms. The number of hydrogen-bond acceptors (Lipinski definition) is 8. The summed E-state index contributed by atoms with van der Waals surface area (Å²) in [7, 11) is 0. The van der Waals surface area contributed by atoms with Crippen LogP contribution >= 0.6 is 0 Å². The number of carbonyl (C=O) groups is 3. The van der Waals surface area contributed by atoms with Gasteiger partial charge in [-0.3, -0.25) is 13.9 Å². The van der Waals surface area contributed by atoms with Crippen molar-refractivity contribution in [1.82, 2.24) is 0 Å². The van der Waals surface area contributed by atoms with Gasteiger partial charge in [-0.25, -0.2) is 9.59 Å². The Morgan fingerprint density at radius 3 is 1.96 bits per heavy atom. The van der Waals surface area contributed by atoms with Crippen LogP contribution in [0.5, 0.6) is 0 Å². The summed E-state index contributed by atoms with van der Waals surface area (Å²) >= 11 is 0. The highest BCUT2D eigenvalue weighted by Gasteiger charge is 2.35. The highest BCUT2D eigenvalue weighted by atomic mass is 17.0. The Labute approximate surface area is 152 Å². The van der Waals surface area contributed by atoms with Gasteiger partial charge in [-0.05, 0) is 25.7 Å². The number of ether oxygens (including phenoxy) is 3. The molecule has 0 N–H and O–H groups in total. The Balaban J connectivity index is 2.62. The standard InChI is InChI=1S/C18H26O8/c1-11(13(19)12-9-22-26-12)14(20)23-18(7,8)25-15(21)24-17(5,6)10-16(2,3)4/h9H,1,10H2,2-8H3. The van der Waals surface area contributed by atoms with Gasteiger partial charge in [0.1, 0.15) is 11.2 Å². The van der Waals surface area contributed by atoms with Crippen LogP contribution in [0.1, 0.15) is 65.4 Å². The molecule has 0 unspecified atom stereocenters. The Kier molecular flexibility index (Phi) is 6.12. The summed E-state index contributed by atoms with van der Waals surface area (Å²) in [5.74, 6) is -3.68. The minimum Gasteiger partial charge on any atom is -0.428 e. The van der Waals surface area contributed by atoms with E-state index in [-0.39, 0.29) is 11.2 Å². The predicted molar refractivity (Wildman–Crippen MR) is 90.3 cm³/mol. The molecule has 0 bridgehead atoms. The van der Waals surface area contributed by atoms with E-state index in [0.717, 1.165) is 6.26 Å². The Hall–Kier alpha value is -2.51. The lowest BCUT2D eigenvalue weighted by atomic mass is 9.84. The first-order valence-electron chi connectivity index (χ1n) is 8.04. The van der Waals surface area contributed by atoms with Crippen molar-refractivity contribution in [3.63, 3.8) is 0 Å². The number of ketones is 1. The fourth-order valence-electron chi connectivity index (χ4n) is 2.50. The second kappa shape index (κ2) is 7.39. The molecule has 8 nitrogen and oxygen atoms in total. The minimum atomic E-state index is -1.67. The molecule has 0 aromatic carbocycles. The number of esters is 1. The number of carbonyl (C=O) groups excluding carboxylic acids is 3. The van der Waals surface area contributed by atoms with Crippen molar-refractivity contribution >= 4 is 17.9 Å². The van der Waals surface area contributed by atoms with Gasteiger partial charge in [0.25, 0.3) is 11.5 Å². The maximum absolute atomic E-state index is 12.0. The topological polar surface area (TPSA) is 105 Å². The molecule has 1 heterocycles. The fourth-order valence-corrected chi connectivity index (χ4v) is 2.50. The Morgan fingerprint density at radius 1 is 1.00 bits per heavy atom. The van der Waals surface area contributed by atoms with E-state index in [0.29, 0.717) is 6.42 Å².